The highest BCUT2D eigenvalue weighted by Crippen LogP contribution is 2.37. The van der Waals surface area contributed by atoms with E-state index in [0.717, 1.165) is 5.69 Å². The highest BCUT2D eigenvalue weighted by atomic mass is 35.5. The normalized spacial score (nSPS) is 18.5. The molecule has 0 bridgehead atoms. The van der Waals surface area contributed by atoms with Crippen molar-refractivity contribution in [3.63, 3.8) is 0 Å². The minimum Gasteiger partial charge on any atom is -0.423 e. The summed E-state index contributed by atoms with van der Waals surface area (Å²) in [4.78, 5) is 43.8. The average Bonchev–Trinajstić information content (AvgIpc) is 3.36. The van der Waals surface area contributed by atoms with E-state index in [0.29, 0.717) is 35.7 Å². The lowest BCUT2D eigenvalue weighted by Gasteiger charge is -2.39. The van der Waals surface area contributed by atoms with Crippen LogP contribution in [0.5, 0.6) is 0 Å². The number of halogens is 3. The van der Waals surface area contributed by atoms with Crippen molar-refractivity contribution in [2.75, 3.05) is 0 Å². The van der Waals surface area contributed by atoms with Crippen LogP contribution in [-0.2, 0) is 33.6 Å². The molecule has 1 aliphatic carbocycles. The van der Waals surface area contributed by atoms with E-state index in [1.807, 2.05) is 20.8 Å². The molecule has 0 radical (unpaired) electrons. The van der Waals surface area contributed by atoms with E-state index < -0.39 is 47.4 Å². The van der Waals surface area contributed by atoms with E-state index in [-0.39, 0.29) is 46.7 Å². The molecule has 5 atom stereocenters. The largest absolute Gasteiger partial charge is 0.423 e. The van der Waals surface area contributed by atoms with Gasteiger partial charge in [-0.1, -0.05) is 82.6 Å². The first-order chi connectivity index (χ1) is 21.8. The maximum Gasteiger partial charge on any atom is 0.409 e. The number of amides is 3. The van der Waals surface area contributed by atoms with E-state index in [9.17, 15) is 23.2 Å². The summed E-state index contributed by atoms with van der Waals surface area (Å²) in [6.45, 7) is 7.50. The fraction of sp³-hybridized carbons (Fsp3) is 0.455. The molecule has 0 fully saturated rings. The molecule has 1 aromatic heterocycles. The molecule has 0 saturated carbocycles. The smallest absolute Gasteiger partial charge is 0.409 e. The molecule has 1 aliphatic rings. The van der Waals surface area contributed by atoms with Crippen LogP contribution in [0.4, 0.5) is 13.6 Å². The quantitative estimate of drug-likeness (QED) is 0.125. The van der Waals surface area contributed by atoms with Gasteiger partial charge in [0.05, 0.1) is 28.0 Å². The number of aromatic nitrogens is 1. The molecule has 3 amide bonds. The number of nitrogens with two attached hydrogens (primary N) is 1. The molecule has 9 nitrogen and oxygen atoms in total. The first-order valence-corrected chi connectivity index (χ1v) is 16.2. The van der Waals surface area contributed by atoms with Crippen molar-refractivity contribution >= 4 is 57.6 Å². The van der Waals surface area contributed by atoms with E-state index in [1.54, 1.807) is 13.0 Å². The Morgan fingerprint density at radius 3 is 2.41 bits per heavy atom. The van der Waals surface area contributed by atoms with E-state index >= 15 is 0 Å². The van der Waals surface area contributed by atoms with Crippen LogP contribution >= 0.6 is 23.8 Å². The maximum absolute atomic E-state index is 14.5. The molecule has 6 N–H and O–H groups in total. The van der Waals surface area contributed by atoms with Gasteiger partial charge in [0.2, 0.25) is 11.8 Å². The van der Waals surface area contributed by atoms with Crippen LogP contribution in [0.3, 0.4) is 0 Å². The molecule has 2 aromatic carbocycles. The van der Waals surface area contributed by atoms with Crippen LogP contribution in [0.25, 0.3) is 10.9 Å². The third-order valence-corrected chi connectivity index (χ3v) is 9.37. The zero-order chi connectivity index (χ0) is 33.8. The number of alkyl carbamates (subject to hydrolysis) is 1. The van der Waals surface area contributed by atoms with Gasteiger partial charge in [0.25, 0.3) is 0 Å². The third kappa shape index (κ3) is 7.95. The predicted octanol–water partition coefficient (Wildman–Crippen LogP) is 5.60. The van der Waals surface area contributed by atoms with Crippen molar-refractivity contribution in [3.8, 4) is 0 Å². The summed E-state index contributed by atoms with van der Waals surface area (Å²) in [6.07, 6.45) is 0.558. The fourth-order valence-electron chi connectivity index (χ4n) is 5.77. The van der Waals surface area contributed by atoms with Crippen LogP contribution in [0.15, 0.2) is 36.4 Å². The zero-order valence-corrected chi connectivity index (χ0v) is 27.8. The number of H-pyrrole nitrogens is 1. The zero-order valence-electron chi connectivity index (χ0n) is 26.3. The van der Waals surface area contributed by atoms with Gasteiger partial charge < -0.3 is 31.4 Å². The Hall–Kier alpha value is -3.77. The minimum absolute atomic E-state index is 0.0151. The van der Waals surface area contributed by atoms with Gasteiger partial charge >= 0.3 is 6.09 Å². The standard InChI is InChI=1S/C33H40ClF2N5O4S/c1-5-17(3)27(30(37)46)40-32(44)45-33(12-11-25-22(16-33)21-14-20(35)15-23(34)29(21)38-25)41-31(43)28(18(4)6-2)39-26(42)13-19-9-7-8-10-24(19)36/h7-10,14-15,17-18,27-28,38H,5-6,11-13,16H2,1-4H3,(H2,37,46)(H,39,42)(H,40,44)(H,41,43)/t17-,18?,27?,28-,33+/m0/s1. The van der Waals surface area contributed by atoms with Gasteiger partial charge in [-0.2, -0.15) is 0 Å². The number of aromatic amines is 1. The molecular formula is C33H40ClF2N5O4S. The maximum atomic E-state index is 14.5. The number of benzene rings is 2. The second-order valence-electron chi connectivity index (χ2n) is 12.1. The third-order valence-electron chi connectivity index (χ3n) is 8.81. The number of carbonyl (C=O) groups excluding carboxylic acids is 3. The second-order valence-corrected chi connectivity index (χ2v) is 12.9. The summed E-state index contributed by atoms with van der Waals surface area (Å²) in [5.74, 6) is -2.63. The van der Waals surface area contributed by atoms with E-state index in [1.165, 1.54) is 30.3 Å². The molecule has 13 heteroatoms. The predicted molar refractivity (Wildman–Crippen MR) is 177 cm³/mol. The Bertz CT molecular complexity index is 1630. The molecule has 0 aliphatic heterocycles. The van der Waals surface area contributed by atoms with E-state index in [4.69, 9.17) is 34.3 Å². The van der Waals surface area contributed by atoms with Crippen molar-refractivity contribution in [2.45, 2.75) is 84.0 Å². The molecule has 248 valence electrons. The second kappa shape index (κ2) is 14.8. The van der Waals surface area contributed by atoms with Gasteiger partial charge in [0.1, 0.15) is 17.7 Å². The summed E-state index contributed by atoms with van der Waals surface area (Å²) < 4.78 is 34.8. The Kier molecular flexibility index (Phi) is 11.3. The first kappa shape index (κ1) is 35.1. The van der Waals surface area contributed by atoms with Gasteiger partial charge in [0, 0.05) is 23.9 Å². The molecular weight excluding hydrogens is 636 g/mol. The Morgan fingerprint density at radius 2 is 1.76 bits per heavy atom. The summed E-state index contributed by atoms with van der Waals surface area (Å²) in [7, 11) is 0. The SMILES string of the molecule is CCC(C)[C@H](NC(=O)Cc1ccccc1F)C(=O)N[C@@]1(OC(=O)NC(C(N)=S)[C@@H](C)CC)CCc2[nH]c3c(Cl)cc(F)cc3c2C1. The molecule has 0 saturated heterocycles. The topological polar surface area (TPSA) is 138 Å². The van der Waals surface area contributed by atoms with Crippen molar-refractivity contribution < 1.29 is 27.9 Å². The van der Waals surface area contributed by atoms with Crippen molar-refractivity contribution in [1.29, 1.82) is 0 Å². The van der Waals surface area contributed by atoms with Gasteiger partial charge in [-0.25, -0.2) is 13.6 Å². The van der Waals surface area contributed by atoms with Crippen LogP contribution in [0.2, 0.25) is 5.02 Å². The number of carbonyl (C=O) groups is 3. The summed E-state index contributed by atoms with van der Waals surface area (Å²) in [6, 6.07) is 6.77. The molecule has 4 rings (SSSR count). The molecule has 0 spiro atoms. The Balaban J connectivity index is 1.66. The van der Waals surface area contributed by atoms with Crippen molar-refractivity contribution in [3.05, 3.63) is 69.9 Å². The number of thiocarbonyl (C=S) groups is 1. The Morgan fingerprint density at radius 1 is 1.09 bits per heavy atom. The lowest BCUT2D eigenvalue weighted by molar-refractivity contribution is -0.136. The number of hydrogen-bond acceptors (Lipinski definition) is 5. The highest BCUT2D eigenvalue weighted by molar-refractivity contribution is 7.80. The van der Waals surface area contributed by atoms with Crippen molar-refractivity contribution in [1.82, 2.24) is 20.9 Å². The summed E-state index contributed by atoms with van der Waals surface area (Å²) in [5, 5.41) is 9.10. The number of fused-ring (bicyclic) bond motifs is 3. The lowest BCUT2D eigenvalue weighted by Crippen LogP contribution is -2.62. The number of hydrogen-bond donors (Lipinski definition) is 5. The van der Waals surface area contributed by atoms with Gasteiger partial charge in [-0.05, 0) is 47.6 Å². The van der Waals surface area contributed by atoms with Gasteiger partial charge in [-0.3, -0.25) is 9.59 Å². The molecule has 2 unspecified atom stereocenters. The number of nitrogens with one attached hydrogen (secondary N) is 4. The summed E-state index contributed by atoms with van der Waals surface area (Å²) in [5.41, 5.74) is 6.45. The van der Waals surface area contributed by atoms with Gasteiger partial charge in [-0.15, -0.1) is 0 Å². The van der Waals surface area contributed by atoms with E-state index in [2.05, 4.69) is 20.9 Å². The fourth-order valence-corrected chi connectivity index (χ4v) is 6.31. The number of rotatable bonds is 12. The van der Waals surface area contributed by atoms with Crippen LogP contribution in [0, 0.1) is 23.5 Å². The van der Waals surface area contributed by atoms with Crippen molar-refractivity contribution in [2.24, 2.45) is 17.6 Å². The van der Waals surface area contributed by atoms with Crippen LogP contribution in [0.1, 0.15) is 63.8 Å². The molecule has 3 aromatic rings. The monoisotopic (exact) mass is 675 g/mol. The number of ether oxygens (including phenoxy) is 1. The summed E-state index contributed by atoms with van der Waals surface area (Å²) >= 11 is 11.5. The highest BCUT2D eigenvalue weighted by Gasteiger charge is 2.44. The Labute approximate surface area is 277 Å². The first-order valence-electron chi connectivity index (χ1n) is 15.4. The number of aryl methyl sites for hydroxylation is 1. The average molecular weight is 676 g/mol. The lowest BCUT2D eigenvalue weighted by atomic mass is 9.87. The van der Waals surface area contributed by atoms with Crippen LogP contribution < -0.4 is 21.7 Å². The molecule has 46 heavy (non-hydrogen) atoms. The van der Waals surface area contributed by atoms with Gasteiger partial charge in [0.15, 0.2) is 5.72 Å². The molecule has 1 heterocycles. The van der Waals surface area contributed by atoms with Crippen LogP contribution in [-0.4, -0.2) is 45.7 Å². The minimum atomic E-state index is -1.60.